The monoisotopic (exact) mass is 344 g/mol. The summed E-state index contributed by atoms with van der Waals surface area (Å²) in [6, 6.07) is 3.32. The molecule has 0 aromatic carbocycles. The van der Waals surface area contributed by atoms with E-state index in [1.54, 1.807) is 0 Å². The van der Waals surface area contributed by atoms with Crippen molar-refractivity contribution in [2.24, 2.45) is 0 Å². The van der Waals surface area contributed by atoms with Crippen LogP contribution in [0.1, 0.15) is 56.3 Å². The summed E-state index contributed by atoms with van der Waals surface area (Å²) in [6.45, 7) is 5.38. The van der Waals surface area contributed by atoms with Crippen LogP contribution in [0.2, 0.25) is 0 Å². The second-order valence-electron chi connectivity index (χ2n) is 6.62. The minimum atomic E-state index is -0.264. The highest BCUT2D eigenvalue weighted by Gasteiger charge is 2.27. The van der Waals surface area contributed by atoms with E-state index in [1.165, 1.54) is 6.07 Å². The molecule has 7 heteroatoms. The molecule has 3 rings (SSSR count). The molecule has 0 radical (unpaired) electrons. The van der Waals surface area contributed by atoms with Crippen LogP contribution < -0.4 is 5.56 Å². The third-order valence-electron chi connectivity index (χ3n) is 4.71. The predicted octanol–water partition coefficient (Wildman–Crippen LogP) is 2.63. The largest absolute Gasteiger partial charge is 0.356 e. The number of amides is 1. The van der Waals surface area contributed by atoms with Gasteiger partial charge < -0.3 is 9.42 Å². The number of likely N-dealkylation sites (tertiary alicyclic amines) is 1. The lowest BCUT2D eigenvalue weighted by Gasteiger charge is -2.32. The lowest BCUT2D eigenvalue weighted by Crippen LogP contribution is -2.38. The van der Waals surface area contributed by atoms with Crippen LogP contribution in [0.3, 0.4) is 0 Å². The van der Waals surface area contributed by atoms with Gasteiger partial charge >= 0.3 is 0 Å². The number of hydrogen-bond donors (Lipinski definition) is 1. The number of unbranched alkanes of at least 4 members (excludes halogenated alkanes) is 1. The van der Waals surface area contributed by atoms with Crippen molar-refractivity contribution in [3.8, 4) is 11.3 Å². The topological polar surface area (TPSA) is 92.1 Å². The number of rotatable bonds is 5. The van der Waals surface area contributed by atoms with Crippen LogP contribution in [0, 0.1) is 6.92 Å². The zero-order valence-electron chi connectivity index (χ0n) is 14.7. The number of nitrogens with one attached hydrogen (secondary N) is 1. The Balaban J connectivity index is 1.75. The normalized spacial score (nSPS) is 15.5. The molecule has 2 aromatic rings. The molecule has 1 saturated heterocycles. The summed E-state index contributed by atoms with van der Waals surface area (Å²) >= 11 is 0. The maximum atomic E-state index is 12.2. The lowest BCUT2D eigenvalue weighted by molar-refractivity contribution is -0.132. The molecule has 3 heterocycles. The second-order valence-corrected chi connectivity index (χ2v) is 6.62. The van der Waals surface area contributed by atoms with Gasteiger partial charge in [0.2, 0.25) is 5.91 Å². The predicted molar refractivity (Wildman–Crippen MR) is 93.2 cm³/mol. The summed E-state index contributed by atoms with van der Waals surface area (Å²) in [5, 5.41) is 10.7. The first-order chi connectivity index (χ1) is 12.1. The first kappa shape index (κ1) is 17.4. The standard InChI is InChI=1S/C18H24N4O3/c1-3-4-5-17(24)22-8-6-13(7-9-22)18-14(11-16(23)19-20-18)15-10-12(2)21-25-15/h10-11,13H,3-9H2,1-2H3,(H,19,23). The summed E-state index contributed by atoms with van der Waals surface area (Å²) in [4.78, 5) is 25.8. The summed E-state index contributed by atoms with van der Waals surface area (Å²) in [6.07, 6.45) is 4.26. The summed E-state index contributed by atoms with van der Waals surface area (Å²) in [5.41, 5.74) is 2.01. The Bertz CT molecular complexity index is 788. The van der Waals surface area contributed by atoms with Gasteiger partial charge in [0, 0.05) is 43.1 Å². The van der Waals surface area contributed by atoms with Crippen LogP contribution in [-0.2, 0) is 4.79 Å². The number of carbonyl (C=O) groups excluding carboxylic acids is 1. The van der Waals surface area contributed by atoms with Crippen molar-refractivity contribution in [2.45, 2.75) is 51.9 Å². The Labute approximate surface area is 146 Å². The van der Waals surface area contributed by atoms with Crippen molar-refractivity contribution < 1.29 is 9.32 Å². The highest BCUT2D eigenvalue weighted by molar-refractivity contribution is 5.76. The fraction of sp³-hybridized carbons (Fsp3) is 0.556. The average molecular weight is 344 g/mol. The van der Waals surface area contributed by atoms with Crippen LogP contribution in [0.15, 0.2) is 21.5 Å². The second kappa shape index (κ2) is 7.63. The smallest absolute Gasteiger partial charge is 0.264 e. The number of hydrogen-bond acceptors (Lipinski definition) is 5. The van der Waals surface area contributed by atoms with Gasteiger partial charge in [-0.3, -0.25) is 9.59 Å². The van der Waals surface area contributed by atoms with Gasteiger partial charge in [-0.15, -0.1) is 0 Å². The molecule has 0 saturated carbocycles. The van der Waals surface area contributed by atoms with Crippen LogP contribution in [0.25, 0.3) is 11.3 Å². The Morgan fingerprint density at radius 1 is 1.36 bits per heavy atom. The molecule has 7 nitrogen and oxygen atoms in total. The number of aryl methyl sites for hydroxylation is 1. The molecule has 0 aliphatic carbocycles. The SMILES string of the molecule is CCCCC(=O)N1CCC(c2n[nH]c(=O)cc2-c2cc(C)no2)CC1. The Morgan fingerprint density at radius 3 is 2.76 bits per heavy atom. The van der Waals surface area contributed by atoms with Crippen molar-refractivity contribution in [1.29, 1.82) is 0 Å². The number of carbonyl (C=O) groups is 1. The third-order valence-corrected chi connectivity index (χ3v) is 4.71. The van der Waals surface area contributed by atoms with Gasteiger partial charge in [0.05, 0.1) is 11.4 Å². The highest BCUT2D eigenvalue weighted by Crippen LogP contribution is 2.33. The van der Waals surface area contributed by atoms with Crippen LogP contribution in [0.5, 0.6) is 0 Å². The molecule has 134 valence electrons. The first-order valence-corrected chi connectivity index (χ1v) is 8.89. The summed E-state index contributed by atoms with van der Waals surface area (Å²) in [7, 11) is 0. The van der Waals surface area contributed by atoms with Crippen molar-refractivity contribution in [2.75, 3.05) is 13.1 Å². The highest BCUT2D eigenvalue weighted by atomic mass is 16.5. The summed E-state index contributed by atoms with van der Waals surface area (Å²) in [5.74, 6) is 0.987. The van der Waals surface area contributed by atoms with Crippen LogP contribution in [-0.4, -0.2) is 39.3 Å². The number of nitrogens with zero attached hydrogens (tertiary/aromatic N) is 3. The van der Waals surface area contributed by atoms with Crippen LogP contribution in [0.4, 0.5) is 0 Å². The Morgan fingerprint density at radius 2 is 2.12 bits per heavy atom. The van der Waals surface area contributed by atoms with E-state index in [0.717, 1.165) is 50.2 Å². The average Bonchev–Trinajstić information content (AvgIpc) is 3.06. The number of aromatic nitrogens is 3. The first-order valence-electron chi connectivity index (χ1n) is 8.89. The molecule has 0 spiro atoms. The molecular formula is C18H24N4O3. The van der Waals surface area contributed by atoms with Gasteiger partial charge in [0.15, 0.2) is 5.76 Å². The van der Waals surface area contributed by atoms with E-state index in [2.05, 4.69) is 22.3 Å². The minimum absolute atomic E-state index is 0.187. The van der Waals surface area contributed by atoms with Crippen molar-refractivity contribution in [3.05, 3.63) is 33.9 Å². The molecule has 1 fully saturated rings. The van der Waals surface area contributed by atoms with Gasteiger partial charge in [-0.1, -0.05) is 18.5 Å². The fourth-order valence-electron chi connectivity index (χ4n) is 3.30. The molecule has 1 aliphatic rings. The number of aromatic amines is 1. The molecular weight excluding hydrogens is 320 g/mol. The van der Waals surface area contributed by atoms with E-state index in [9.17, 15) is 9.59 Å². The molecule has 0 unspecified atom stereocenters. The Kier molecular flexibility index (Phi) is 5.31. The van der Waals surface area contributed by atoms with Gasteiger partial charge in [0.1, 0.15) is 0 Å². The molecule has 1 aliphatic heterocycles. The van der Waals surface area contributed by atoms with E-state index in [1.807, 2.05) is 17.9 Å². The molecule has 1 amide bonds. The van der Waals surface area contributed by atoms with Gasteiger partial charge in [-0.25, -0.2) is 5.10 Å². The quantitative estimate of drug-likeness (QED) is 0.900. The van der Waals surface area contributed by atoms with Crippen molar-refractivity contribution in [3.63, 3.8) is 0 Å². The van der Waals surface area contributed by atoms with E-state index in [4.69, 9.17) is 4.52 Å². The zero-order chi connectivity index (χ0) is 17.8. The molecule has 0 atom stereocenters. The van der Waals surface area contributed by atoms with E-state index >= 15 is 0 Å². The Hall–Kier alpha value is -2.44. The van der Waals surface area contributed by atoms with Crippen molar-refractivity contribution in [1.82, 2.24) is 20.3 Å². The van der Waals surface area contributed by atoms with E-state index < -0.39 is 0 Å². The maximum absolute atomic E-state index is 12.2. The van der Waals surface area contributed by atoms with Gasteiger partial charge in [0.25, 0.3) is 5.56 Å². The minimum Gasteiger partial charge on any atom is -0.356 e. The molecule has 1 N–H and O–H groups in total. The lowest BCUT2D eigenvalue weighted by atomic mass is 9.90. The molecule has 2 aromatic heterocycles. The zero-order valence-corrected chi connectivity index (χ0v) is 14.7. The van der Waals surface area contributed by atoms with Gasteiger partial charge in [-0.05, 0) is 26.2 Å². The third kappa shape index (κ3) is 3.97. The van der Waals surface area contributed by atoms with E-state index in [0.29, 0.717) is 17.7 Å². The van der Waals surface area contributed by atoms with Crippen LogP contribution >= 0.6 is 0 Å². The summed E-state index contributed by atoms with van der Waals surface area (Å²) < 4.78 is 5.33. The number of piperidine rings is 1. The molecule has 25 heavy (non-hydrogen) atoms. The maximum Gasteiger partial charge on any atom is 0.264 e. The number of H-pyrrole nitrogens is 1. The van der Waals surface area contributed by atoms with Gasteiger partial charge in [-0.2, -0.15) is 5.10 Å². The molecule has 0 bridgehead atoms. The van der Waals surface area contributed by atoms with Crippen molar-refractivity contribution >= 4 is 5.91 Å². The fourth-order valence-corrected chi connectivity index (χ4v) is 3.30. The van der Waals surface area contributed by atoms with E-state index in [-0.39, 0.29) is 17.4 Å².